The Bertz CT molecular complexity index is 914. The van der Waals surface area contributed by atoms with Gasteiger partial charge in [-0.2, -0.15) is 0 Å². The lowest BCUT2D eigenvalue weighted by Gasteiger charge is -2.38. The molecule has 4 rings (SSSR count). The quantitative estimate of drug-likeness (QED) is 0.373. The highest BCUT2D eigenvalue weighted by Gasteiger charge is 2.43. The van der Waals surface area contributed by atoms with Crippen LogP contribution in [0.25, 0.3) is 0 Å². The first kappa shape index (κ1) is 22.2. The van der Waals surface area contributed by atoms with Gasteiger partial charge in [-0.1, -0.05) is 104 Å². The third-order valence-electron chi connectivity index (χ3n) is 5.53. The Morgan fingerprint density at radius 1 is 0.938 bits per heavy atom. The normalized spacial score (nSPS) is 18.1. The van der Waals surface area contributed by atoms with Crippen LogP contribution in [0.15, 0.2) is 104 Å². The minimum atomic E-state index is -0.465. The average molecular weight is 446 g/mol. The molecule has 4 nitrogen and oxygen atoms in total. The topological polar surface area (TPSA) is 47.6 Å². The van der Waals surface area contributed by atoms with Crippen LogP contribution in [-0.4, -0.2) is 37.2 Å². The van der Waals surface area contributed by atoms with Crippen LogP contribution in [0.3, 0.4) is 0 Å². The van der Waals surface area contributed by atoms with Crippen LogP contribution in [0.1, 0.15) is 16.7 Å². The van der Waals surface area contributed by atoms with Gasteiger partial charge < -0.3 is 14.8 Å². The molecular formula is C27H27NO3S. The van der Waals surface area contributed by atoms with Gasteiger partial charge in [0.15, 0.2) is 0 Å². The van der Waals surface area contributed by atoms with Crippen molar-refractivity contribution >= 4 is 17.9 Å². The number of hydrogen-bond donors (Lipinski definition) is 1. The van der Waals surface area contributed by atoms with Crippen molar-refractivity contribution in [2.75, 3.05) is 19.8 Å². The average Bonchev–Trinajstić information content (AvgIpc) is 3.29. The Balaban J connectivity index is 1.76. The summed E-state index contributed by atoms with van der Waals surface area (Å²) in [5.41, 5.74) is 3.55. The SMILES string of the molecule is C=CCOC(=O)NC1COCC1SC(c1ccccc1)(c1ccccc1)c1ccccc1. The second-order valence-corrected chi connectivity index (χ2v) is 9.06. The molecule has 2 unspecified atom stereocenters. The van der Waals surface area contributed by atoms with Crippen molar-refractivity contribution in [2.24, 2.45) is 0 Å². The monoisotopic (exact) mass is 445 g/mol. The van der Waals surface area contributed by atoms with Gasteiger partial charge in [0.25, 0.3) is 0 Å². The molecule has 1 heterocycles. The van der Waals surface area contributed by atoms with E-state index >= 15 is 0 Å². The van der Waals surface area contributed by atoms with Gasteiger partial charge in [0.05, 0.1) is 29.3 Å². The van der Waals surface area contributed by atoms with E-state index in [4.69, 9.17) is 9.47 Å². The molecule has 1 aliphatic heterocycles. The molecule has 1 fully saturated rings. The maximum absolute atomic E-state index is 12.2. The van der Waals surface area contributed by atoms with E-state index in [0.29, 0.717) is 13.2 Å². The van der Waals surface area contributed by atoms with Crippen molar-refractivity contribution in [1.82, 2.24) is 5.32 Å². The third-order valence-corrected chi connectivity index (χ3v) is 7.36. The number of benzene rings is 3. The molecule has 0 aromatic heterocycles. The van der Waals surface area contributed by atoms with Gasteiger partial charge in [-0.25, -0.2) is 4.79 Å². The molecule has 1 N–H and O–H groups in total. The fourth-order valence-corrected chi connectivity index (χ4v) is 5.81. The highest BCUT2D eigenvalue weighted by Crippen LogP contribution is 2.51. The van der Waals surface area contributed by atoms with E-state index in [2.05, 4.69) is 84.7 Å². The van der Waals surface area contributed by atoms with E-state index in [9.17, 15) is 4.79 Å². The van der Waals surface area contributed by atoms with Gasteiger partial charge in [0.2, 0.25) is 0 Å². The summed E-state index contributed by atoms with van der Waals surface area (Å²) >= 11 is 1.82. The zero-order chi connectivity index (χ0) is 22.2. The molecule has 3 aromatic carbocycles. The maximum Gasteiger partial charge on any atom is 0.407 e. The van der Waals surface area contributed by atoms with Crippen LogP contribution in [0.5, 0.6) is 0 Å². The molecule has 1 amide bonds. The fourth-order valence-electron chi connectivity index (χ4n) is 4.06. The van der Waals surface area contributed by atoms with Gasteiger partial charge in [-0.3, -0.25) is 0 Å². The van der Waals surface area contributed by atoms with Crippen molar-refractivity contribution in [3.8, 4) is 0 Å². The predicted octanol–water partition coefficient (Wildman–Crippen LogP) is 5.39. The van der Waals surface area contributed by atoms with E-state index in [-0.39, 0.29) is 17.9 Å². The Morgan fingerprint density at radius 3 is 1.91 bits per heavy atom. The summed E-state index contributed by atoms with van der Waals surface area (Å²) in [6.07, 6.45) is 1.11. The van der Waals surface area contributed by atoms with Gasteiger partial charge in [-0.15, -0.1) is 11.8 Å². The highest BCUT2D eigenvalue weighted by atomic mass is 32.2. The number of amides is 1. The van der Waals surface area contributed by atoms with E-state index in [1.807, 2.05) is 30.0 Å². The van der Waals surface area contributed by atoms with E-state index < -0.39 is 10.8 Å². The Hall–Kier alpha value is -3.02. The summed E-state index contributed by atoms with van der Waals surface area (Å²) in [5.74, 6) is 0. The molecule has 1 aliphatic rings. The van der Waals surface area contributed by atoms with Crippen molar-refractivity contribution in [3.05, 3.63) is 120 Å². The first-order valence-electron chi connectivity index (χ1n) is 10.7. The van der Waals surface area contributed by atoms with Crippen molar-refractivity contribution in [2.45, 2.75) is 16.0 Å². The van der Waals surface area contributed by atoms with Gasteiger partial charge in [0.1, 0.15) is 6.61 Å². The number of carbonyl (C=O) groups is 1. The predicted molar refractivity (Wildman–Crippen MR) is 130 cm³/mol. The third kappa shape index (κ3) is 4.74. The van der Waals surface area contributed by atoms with Crippen LogP contribution in [0.2, 0.25) is 0 Å². The Labute approximate surface area is 193 Å². The Kier molecular flexibility index (Phi) is 7.30. The van der Waals surface area contributed by atoms with Gasteiger partial charge in [0, 0.05) is 0 Å². The van der Waals surface area contributed by atoms with Crippen LogP contribution < -0.4 is 5.32 Å². The number of alkyl carbamates (subject to hydrolysis) is 1. The van der Waals surface area contributed by atoms with Gasteiger partial charge >= 0.3 is 6.09 Å². The van der Waals surface area contributed by atoms with E-state index in [1.54, 1.807) is 6.08 Å². The van der Waals surface area contributed by atoms with E-state index in [0.717, 1.165) is 0 Å². The van der Waals surface area contributed by atoms with Crippen LogP contribution in [0, 0.1) is 0 Å². The molecule has 1 saturated heterocycles. The number of rotatable bonds is 8. The fraction of sp³-hybridized carbons (Fsp3) is 0.222. The number of carbonyl (C=O) groups excluding carboxylic acids is 1. The van der Waals surface area contributed by atoms with Crippen molar-refractivity contribution in [3.63, 3.8) is 0 Å². The summed E-state index contributed by atoms with van der Waals surface area (Å²) in [6.45, 7) is 4.78. The largest absolute Gasteiger partial charge is 0.445 e. The molecule has 0 bridgehead atoms. The molecular weight excluding hydrogens is 418 g/mol. The number of ether oxygens (including phenoxy) is 2. The summed E-state index contributed by atoms with van der Waals surface area (Å²) < 4.78 is 10.5. The number of hydrogen-bond acceptors (Lipinski definition) is 4. The second kappa shape index (κ2) is 10.5. The molecule has 0 spiro atoms. The minimum Gasteiger partial charge on any atom is -0.445 e. The standard InChI is InChI=1S/C27H27NO3S/c1-2-18-31-26(29)28-24-19-30-20-25(24)32-27(21-12-6-3-7-13-21,22-14-8-4-9-15-22)23-16-10-5-11-17-23/h2-17,24-25H,1,18-20H2,(H,28,29). The van der Waals surface area contributed by atoms with Crippen LogP contribution >= 0.6 is 11.8 Å². The summed E-state index contributed by atoms with van der Waals surface area (Å²) in [5, 5.41) is 3.02. The van der Waals surface area contributed by atoms with Crippen molar-refractivity contribution < 1.29 is 14.3 Å². The molecule has 164 valence electrons. The smallest absolute Gasteiger partial charge is 0.407 e. The Morgan fingerprint density at radius 2 is 1.44 bits per heavy atom. The highest BCUT2D eigenvalue weighted by molar-refractivity contribution is 8.01. The number of thioether (sulfide) groups is 1. The second-order valence-electron chi connectivity index (χ2n) is 7.61. The van der Waals surface area contributed by atoms with Crippen LogP contribution in [-0.2, 0) is 14.2 Å². The lowest BCUT2D eigenvalue weighted by atomic mass is 9.84. The zero-order valence-electron chi connectivity index (χ0n) is 17.9. The number of nitrogens with one attached hydrogen (secondary N) is 1. The zero-order valence-corrected chi connectivity index (χ0v) is 18.7. The molecule has 32 heavy (non-hydrogen) atoms. The lowest BCUT2D eigenvalue weighted by molar-refractivity contribution is 0.149. The first-order chi connectivity index (χ1) is 15.7. The van der Waals surface area contributed by atoms with E-state index in [1.165, 1.54) is 16.7 Å². The molecule has 2 atom stereocenters. The van der Waals surface area contributed by atoms with Gasteiger partial charge in [-0.05, 0) is 16.7 Å². The first-order valence-corrected chi connectivity index (χ1v) is 11.6. The summed E-state index contributed by atoms with van der Waals surface area (Å²) in [4.78, 5) is 12.2. The summed E-state index contributed by atoms with van der Waals surface area (Å²) in [7, 11) is 0. The minimum absolute atomic E-state index is 0.0342. The van der Waals surface area contributed by atoms with Crippen LogP contribution in [0.4, 0.5) is 4.79 Å². The molecule has 3 aromatic rings. The maximum atomic E-state index is 12.2. The lowest BCUT2D eigenvalue weighted by Crippen LogP contribution is -2.43. The van der Waals surface area contributed by atoms with Crippen molar-refractivity contribution in [1.29, 1.82) is 0 Å². The molecule has 5 heteroatoms. The summed E-state index contributed by atoms with van der Waals surface area (Å²) in [6, 6.07) is 31.4. The molecule has 0 aliphatic carbocycles. The molecule has 0 radical (unpaired) electrons. The molecule has 0 saturated carbocycles.